The van der Waals surface area contributed by atoms with Gasteiger partial charge in [-0.05, 0) is 19.8 Å². The fourth-order valence-electron chi connectivity index (χ4n) is 0.549. The minimum Gasteiger partial charge on any atom is -0.339 e. The van der Waals surface area contributed by atoms with E-state index in [0.29, 0.717) is 0 Å². The first kappa shape index (κ1) is 13.1. The first-order valence-electron chi connectivity index (χ1n) is 4.54. The van der Waals surface area contributed by atoms with E-state index in [1.165, 1.54) is 24.3 Å². The van der Waals surface area contributed by atoms with Crippen molar-refractivity contribution in [2.75, 3.05) is 18.1 Å². The van der Waals surface area contributed by atoms with Crippen molar-refractivity contribution in [3.63, 3.8) is 0 Å². The van der Waals surface area contributed by atoms with E-state index in [2.05, 4.69) is 20.8 Å². The van der Waals surface area contributed by atoms with Crippen LogP contribution in [0, 0.1) is 0 Å². The first-order valence-corrected chi connectivity index (χ1v) is 8.98. The standard InChI is InChI=1S/C8H19OPS2/c1-4-7-11-10(9-6-3)12-8-5-2/h4-8H2,1-3H3. The van der Waals surface area contributed by atoms with Crippen LogP contribution in [0.1, 0.15) is 33.6 Å². The van der Waals surface area contributed by atoms with Crippen LogP contribution in [0.2, 0.25) is 0 Å². The van der Waals surface area contributed by atoms with E-state index in [4.69, 9.17) is 4.52 Å². The molecule has 0 fully saturated rings. The summed E-state index contributed by atoms with van der Waals surface area (Å²) in [5, 5.41) is 0. The van der Waals surface area contributed by atoms with Crippen LogP contribution in [0.15, 0.2) is 0 Å². The van der Waals surface area contributed by atoms with E-state index in [1.807, 2.05) is 22.8 Å². The highest BCUT2D eigenvalue weighted by Gasteiger charge is 2.08. The molecule has 0 aromatic rings. The molecule has 0 atom stereocenters. The molecule has 0 spiro atoms. The predicted molar refractivity (Wildman–Crippen MR) is 64.0 cm³/mol. The Bertz CT molecular complexity index is 85.1. The van der Waals surface area contributed by atoms with Crippen LogP contribution in [0.3, 0.4) is 0 Å². The smallest absolute Gasteiger partial charge is 0.151 e. The molecular weight excluding hydrogens is 207 g/mol. The second-order valence-corrected chi connectivity index (χ2v) is 8.58. The SMILES string of the molecule is CCCSP(OCC)SCCC. The average molecular weight is 226 g/mol. The van der Waals surface area contributed by atoms with Crippen LogP contribution in [-0.4, -0.2) is 18.1 Å². The molecule has 4 heteroatoms. The van der Waals surface area contributed by atoms with Gasteiger partial charge in [-0.15, -0.1) is 0 Å². The summed E-state index contributed by atoms with van der Waals surface area (Å²) >= 11 is 3.98. The van der Waals surface area contributed by atoms with Gasteiger partial charge in [-0.3, -0.25) is 0 Å². The summed E-state index contributed by atoms with van der Waals surface area (Å²) in [7, 11) is 0. The maximum atomic E-state index is 5.64. The van der Waals surface area contributed by atoms with Crippen molar-refractivity contribution in [2.45, 2.75) is 33.6 Å². The number of rotatable bonds is 8. The fraction of sp³-hybridized carbons (Fsp3) is 1.00. The maximum absolute atomic E-state index is 5.64. The highest BCUT2D eigenvalue weighted by Crippen LogP contribution is 2.61. The summed E-state index contributed by atoms with van der Waals surface area (Å²) in [6.45, 7) is 7.14. The van der Waals surface area contributed by atoms with Crippen LogP contribution in [0.25, 0.3) is 0 Å². The Morgan fingerprint density at radius 1 is 1.00 bits per heavy atom. The van der Waals surface area contributed by atoms with E-state index < -0.39 is 0 Å². The van der Waals surface area contributed by atoms with Crippen LogP contribution in [0.4, 0.5) is 0 Å². The zero-order valence-corrected chi connectivity index (χ0v) is 10.7. The summed E-state index contributed by atoms with van der Waals surface area (Å²) in [6.07, 6.45) is 2.51. The molecule has 0 aromatic carbocycles. The number of hydrogen-bond acceptors (Lipinski definition) is 3. The van der Waals surface area contributed by atoms with Gasteiger partial charge in [-0.25, -0.2) is 0 Å². The molecular formula is C8H19OPS2. The zero-order valence-electron chi connectivity index (χ0n) is 8.21. The molecule has 0 radical (unpaired) electrons. The molecule has 74 valence electrons. The minimum atomic E-state index is -0.239. The van der Waals surface area contributed by atoms with Gasteiger partial charge in [-0.1, -0.05) is 36.6 Å². The third-order valence-corrected chi connectivity index (χ3v) is 8.00. The lowest BCUT2D eigenvalue weighted by atomic mass is 10.6. The van der Waals surface area contributed by atoms with Crippen LogP contribution in [-0.2, 0) is 4.52 Å². The van der Waals surface area contributed by atoms with E-state index in [0.717, 1.165) is 6.61 Å². The van der Waals surface area contributed by atoms with E-state index in [9.17, 15) is 0 Å². The Morgan fingerprint density at radius 3 is 1.83 bits per heavy atom. The maximum Gasteiger partial charge on any atom is 0.151 e. The molecule has 12 heavy (non-hydrogen) atoms. The third kappa shape index (κ3) is 7.72. The third-order valence-electron chi connectivity index (χ3n) is 1.04. The fourth-order valence-corrected chi connectivity index (χ4v) is 6.95. The minimum absolute atomic E-state index is 0.239. The van der Waals surface area contributed by atoms with Crippen molar-refractivity contribution in [3.8, 4) is 0 Å². The van der Waals surface area contributed by atoms with Crippen LogP contribution >= 0.6 is 29.3 Å². The molecule has 0 saturated heterocycles. The van der Waals surface area contributed by atoms with Gasteiger partial charge in [0, 0.05) is 11.5 Å². The lowest BCUT2D eigenvalue weighted by Gasteiger charge is -2.13. The molecule has 0 aliphatic carbocycles. The second-order valence-electron chi connectivity index (χ2n) is 2.31. The molecule has 0 aliphatic heterocycles. The van der Waals surface area contributed by atoms with Crippen molar-refractivity contribution in [1.82, 2.24) is 0 Å². The van der Waals surface area contributed by atoms with Crippen molar-refractivity contribution < 1.29 is 4.52 Å². The average Bonchev–Trinajstić information content (AvgIpc) is 2.10. The van der Waals surface area contributed by atoms with Crippen molar-refractivity contribution >= 4 is 29.3 Å². The number of hydrogen-bond donors (Lipinski definition) is 0. The Morgan fingerprint density at radius 2 is 1.50 bits per heavy atom. The highest BCUT2D eigenvalue weighted by atomic mass is 33.1. The highest BCUT2D eigenvalue weighted by molar-refractivity contribution is 8.86. The molecule has 0 bridgehead atoms. The molecule has 0 heterocycles. The molecule has 0 aromatic heterocycles. The quantitative estimate of drug-likeness (QED) is 0.562. The lowest BCUT2D eigenvalue weighted by Crippen LogP contribution is -1.81. The largest absolute Gasteiger partial charge is 0.339 e. The van der Waals surface area contributed by atoms with E-state index in [-0.39, 0.29) is 6.55 Å². The Kier molecular flexibility index (Phi) is 11.1. The van der Waals surface area contributed by atoms with Gasteiger partial charge in [0.15, 0.2) is 6.55 Å². The first-order chi connectivity index (χ1) is 5.85. The van der Waals surface area contributed by atoms with Crippen LogP contribution < -0.4 is 0 Å². The van der Waals surface area contributed by atoms with Crippen LogP contribution in [0.5, 0.6) is 0 Å². The van der Waals surface area contributed by atoms with Crippen molar-refractivity contribution in [2.24, 2.45) is 0 Å². The Balaban J connectivity index is 3.40. The Labute approximate surface area is 85.7 Å². The van der Waals surface area contributed by atoms with E-state index in [1.54, 1.807) is 0 Å². The monoisotopic (exact) mass is 226 g/mol. The van der Waals surface area contributed by atoms with Crippen molar-refractivity contribution in [1.29, 1.82) is 0 Å². The summed E-state index contributed by atoms with van der Waals surface area (Å²) < 4.78 is 5.64. The molecule has 0 rings (SSSR count). The van der Waals surface area contributed by atoms with Crippen molar-refractivity contribution in [3.05, 3.63) is 0 Å². The summed E-state index contributed by atoms with van der Waals surface area (Å²) in [6, 6.07) is 0. The lowest BCUT2D eigenvalue weighted by molar-refractivity contribution is 0.394. The molecule has 0 saturated carbocycles. The predicted octanol–water partition coefficient (Wildman–Crippen LogP) is 4.54. The van der Waals surface area contributed by atoms with Gasteiger partial charge in [0.1, 0.15) is 0 Å². The summed E-state index contributed by atoms with van der Waals surface area (Å²) in [5.74, 6) is 2.48. The summed E-state index contributed by atoms with van der Waals surface area (Å²) in [4.78, 5) is 0. The van der Waals surface area contributed by atoms with Gasteiger partial charge in [0.05, 0.1) is 6.61 Å². The second kappa shape index (κ2) is 10.2. The zero-order chi connectivity index (χ0) is 9.23. The van der Waals surface area contributed by atoms with Gasteiger partial charge < -0.3 is 4.52 Å². The van der Waals surface area contributed by atoms with E-state index >= 15 is 0 Å². The molecule has 1 nitrogen and oxygen atoms in total. The molecule has 0 amide bonds. The van der Waals surface area contributed by atoms with Gasteiger partial charge in [0.25, 0.3) is 0 Å². The van der Waals surface area contributed by atoms with Gasteiger partial charge in [0.2, 0.25) is 0 Å². The van der Waals surface area contributed by atoms with Gasteiger partial charge >= 0.3 is 0 Å². The normalized spacial score (nSPS) is 11.0. The Hall–Kier alpha value is 1.09. The molecule has 0 unspecified atom stereocenters. The topological polar surface area (TPSA) is 9.23 Å². The summed E-state index contributed by atoms with van der Waals surface area (Å²) in [5.41, 5.74) is 0. The molecule has 0 N–H and O–H groups in total. The van der Waals surface area contributed by atoms with Gasteiger partial charge in [-0.2, -0.15) is 0 Å². The molecule has 0 aliphatic rings.